The lowest BCUT2D eigenvalue weighted by molar-refractivity contribution is 0.0762. The number of hydrogen-bond acceptors (Lipinski definition) is 3. The molecule has 1 rings (SSSR count). The first kappa shape index (κ1) is 11.3. The van der Waals surface area contributed by atoms with Gasteiger partial charge in [0.1, 0.15) is 11.5 Å². The number of rotatable bonds is 4. The van der Waals surface area contributed by atoms with Crippen LogP contribution in [0.15, 0.2) is 16.5 Å². The zero-order chi connectivity index (χ0) is 10.8. The van der Waals surface area contributed by atoms with Gasteiger partial charge in [-0.2, -0.15) is 0 Å². The summed E-state index contributed by atoms with van der Waals surface area (Å²) in [6, 6.07) is 4.03. The van der Waals surface area contributed by atoms with Crippen molar-refractivity contribution in [3.8, 4) is 0 Å². The van der Waals surface area contributed by atoms with Crippen molar-refractivity contribution in [2.24, 2.45) is 0 Å². The third kappa shape index (κ3) is 3.52. The van der Waals surface area contributed by atoms with Gasteiger partial charge in [-0.1, -0.05) is 0 Å². The summed E-state index contributed by atoms with van der Waals surface area (Å²) in [4.78, 5) is 0. The van der Waals surface area contributed by atoms with Crippen LogP contribution in [0.25, 0.3) is 0 Å². The fourth-order valence-corrected chi connectivity index (χ4v) is 1.19. The second-order valence-corrected chi connectivity index (χ2v) is 4.36. The lowest BCUT2D eigenvalue weighted by Crippen LogP contribution is -2.35. The van der Waals surface area contributed by atoms with Crippen LogP contribution in [0, 0.1) is 6.92 Å². The molecule has 1 aromatic rings. The van der Waals surface area contributed by atoms with Crippen molar-refractivity contribution >= 4 is 0 Å². The Morgan fingerprint density at radius 1 is 1.50 bits per heavy atom. The van der Waals surface area contributed by atoms with Crippen molar-refractivity contribution < 1.29 is 9.52 Å². The standard InChI is InChI=1S/C11H19NO2/c1-8-5-6-10(14-8)9(2)12-7-11(3,4)13/h5-6,9,12-13H,7H2,1-4H3. The lowest BCUT2D eigenvalue weighted by Gasteiger charge is -2.20. The van der Waals surface area contributed by atoms with Crippen LogP contribution in [0.1, 0.15) is 38.3 Å². The number of nitrogens with one attached hydrogen (secondary N) is 1. The Balaban J connectivity index is 2.47. The maximum atomic E-state index is 9.53. The maximum Gasteiger partial charge on any atom is 0.120 e. The van der Waals surface area contributed by atoms with Gasteiger partial charge in [0, 0.05) is 6.54 Å². The molecule has 0 aromatic carbocycles. The second-order valence-electron chi connectivity index (χ2n) is 4.36. The van der Waals surface area contributed by atoms with Gasteiger partial charge in [-0.05, 0) is 39.8 Å². The predicted octanol–water partition coefficient (Wildman–Crippen LogP) is 2.01. The van der Waals surface area contributed by atoms with Crippen LogP contribution in [0.3, 0.4) is 0 Å². The third-order valence-electron chi connectivity index (χ3n) is 2.03. The highest BCUT2D eigenvalue weighted by atomic mass is 16.3. The van der Waals surface area contributed by atoms with Crippen LogP contribution >= 0.6 is 0 Å². The van der Waals surface area contributed by atoms with Gasteiger partial charge in [0.25, 0.3) is 0 Å². The minimum atomic E-state index is -0.685. The summed E-state index contributed by atoms with van der Waals surface area (Å²) < 4.78 is 5.47. The average Bonchev–Trinajstić information content (AvgIpc) is 2.46. The molecular weight excluding hydrogens is 178 g/mol. The Labute approximate surface area is 85.1 Å². The summed E-state index contributed by atoms with van der Waals surface area (Å²) in [5.41, 5.74) is -0.685. The highest BCUT2D eigenvalue weighted by molar-refractivity contribution is 5.08. The zero-order valence-electron chi connectivity index (χ0n) is 9.29. The Hall–Kier alpha value is -0.800. The van der Waals surface area contributed by atoms with Gasteiger partial charge in [0.05, 0.1) is 11.6 Å². The zero-order valence-corrected chi connectivity index (χ0v) is 9.29. The minimum absolute atomic E-state index is 0.134. The highest BCUT2D eigenvalue weighted by Gasteiger charge is 2.15. The topological polar surface area (TPSA) is 45.4 Å². The van der Waals surface area contributed by atoms with Gasteiger partial charge in [0.2, 0.25) is 0 Å². The van der Waals surface area contributed by atoms with Crippen LogP contribution in [0.2, 0.25) is 0 Å². The van der Waals surface area contributed by atoms with Gasteiger partial charge in [0.15, 0.2) is 0 Å². The number of hydrogen-bond donors (Lipinski definition) is 2. The van der Waals surface area contributed by atoms with Crippen LogP contribution in [-0.2, 0) is 0 Å². The molecule has 2 N–H and O–H groups in total. The molecule has 3 nitrogen and oxygen atoms in total. The largest absolute Gasteiger partial charge is 0.465 e. The first-order valence-electron chi connectivity index (χ1n) is 4.90. The van der Waals surface area contributed by atoms with Gasteiger partial charge < -0.3 is 14.8 Å². The summed E-state index contributed by atoms with van der Waals surface area (Å²) in [5, 5.41) is 12.7. The van der Waals surface area contributed by atoms with E-state index >= 15 is 0 Å². The van der Waals surface area contributed by atoms with E-state index in [0.717, 1.165) is 11.5 Å². The molecule has 3 heteroatoms. The van der Waals surface area contributed by atoms with Gasteiger partial charge in [-0.25, -0.2) is 0 Å². The summed E-state index contributed by atoms with van der Waals surface area (Å²) in [6.07, 6.45) is 0. The molecule has 0 bridgehead atoms. The van der Waals surface area contributed by atoms with Crippen LogP contribution in [0.5, 0.6) is 0 Å². The molecule has 0 aliphatic carbocycles. The predicted molar refractivity (Wildman–Crippen MR) is 56.2 cm³/mol. The highest BCUT2D eigenvalue weighted by Crippen LogP contribution is 2.15. The number of furan rings is 1. The van der Waals surface area contributed by atoms with Crippen LogP contribution in [-0.4, -0.2) is 17.3 Å². The molecule has 0 aliphatic rings. The van der Waals surface area contributed by atoms with Crippen molar-refractivity contribution in [3.63, 3.8) is 0 Å². The average molecular weight is 197 g/mol. The fraction of sp³-hybridized carbons (Fsp3) is 0.636. The summed E-state index contributed by atoms with van der Waals surface area (Å²) in [6.45, 7) is 8.05. The summed E-state index contributed by atoms with van der Waals surface area (Å²) in [7, 11) is 0. The van der Waals surface area contributed by atoms with Crippen LogP contribution in [0.4, 0.5) is 0 Å². The van der Waals surface area contributed by atoms with Gasteiger partial charge in [-0.15, -0.1) is 0 Å². The van der Waals surface area contributed by atoms with Crippen molar-refractivity contribution in [1.29, 1.82) is 0 Å². The van der Waals surface area contributed by atoms with E-state index in [9.17, 15) is 5.11 Å². The maximum absolute atomic E-state index is 9.53. The van der Waals surface area contributed by atoms with Crippen LogP contribution < -0.4 is 5.32 Å². The Morgan fingerprint density at radius 2 is 2.14 bits per heavy atom. The lowest BCUT2D eigenvalue weighted by atomic mass is 10.1. The number of aryl methyl sites for hydroxylation is 1. The molecule has 0 saturated carbocycles. The molecule has 1 aromatic heterocycles. The first-order chi connectivity index (χ1) is 6.38. The third-order valence-corrected chi connectivity index (χ3v) is 2.03. The minimum Gasteiger partial charge on any atom is -0.465 e. The molecule has 1 unspecified atom stereocenters. The molecule has 80 valence electrons. The molecule has 0 aliphatic heterocycles. The molecule has 0 spiro atoms. The van der Waals surface area contributed by atoms with E-state index in [1.54, 1.807) is 13.8 Å². The molecule has 1 atom stereocenters. The Kier molecular flexibility index (Phi) is 3.34. The van der Waals surface area contributed by atoms with Crippen molar-refractivity contribution in [1.82, 2.24) is 5.32 Å². The molecule has 14 heavy (non-hydrogen) atoms. The molecule has 0 fully saturated rings. The molecule has 0 saturated heterocycles. The fourth-order valence-electron chi connectivity index (χ4n) is 1.19. The summed E-state index contributed by atoms with van der Waals surface area (Å²) >= 11 is 0. The van der Waals surface area contributed by atoms with E-state index < -0.39 is 5.60 Å². The Morgan fingerprint density at radius 3 is 2.57 bits per heavy atom. The van der Waals surface area contributed by atoms with E-state index in [-0.39, 0.29) is 6.04 Å². The number of aliphatic hydroxyl groups is 1. The van der Waals surface area contributed by atoms with E-state index in [0.29, 0.717) is 6.54 Å². The Bertz CT molecular complexity index is 286. The van der Waals surface area contributed by atoms with Gasteiger partial charge in [-0.3, -0.25) is 0 Å². The smallest absolute Gasteiger partial charge is 0.120 e. The SMILES string of the molecule is Cc1ccc(C(C)NCC(C)(C)O)o1. The normalized spacial score (nSPS) is 14.4. The first-order valence-corrected chi connectivity index (χ1v) is 4.90. The second kappa shape index (κ2) is 4.15. The monoisotopic (exact) mass is 197 g/mol. The summed E-state index contributed by atoms with van der Waals surface area (Å²) in [5.74, 6) is 1.82. The molecular formula is C11H19NO2. The van der Waals surface area contributed by atoms with Crippen molar-refractivity contribution in [3.05, 3.63) is 23.7 Å². The molecule has 0 amide bonds. The van der Waals surface area contributed by atoms with Crippen molar-refractivity contribution in [2.75, 3.05) is 6.54 Å². The molecule has 0 radical (unpaired) electrons. The molecule has 1 heterocycles. The van der Waals surface area contributed by atoms with E-state index in [4.69, 9.17) is 4.42 Å². The van der Waals surface area contributed by atoms with Crippen molar-refractivity contribution in [2.45, 2.75) is 39.3 Å². The van der Waals surface area contributed by atoms with E-state index in [1.807, 2.05) is 26.0 Å². The van der Waals surface area contributed by atoms with E-state index in [1.165, 1.54) is 0 Å². The van der Waals surface area contributed by atoms with Gasteiger partial charge >= 0.3 is 0 Å². The van der Waals surface area contributed by atoms with E-state index in [2.05, 4.69) is 5.32 Å². The quantitative estimate of drug-likeness (QED) is 0.776.